The second kappa shape index (κ2) is 9.21. The molecule has 1 fully saturated rings. The Labute approximate surface area is 179 Å². The third-order valence-electron chi connectivity index (χ3n) is 4.88. The number of para-hydroxylation sites is 1. The van der Waals surface area contributed by atoms with Gasteiger partial charge in [-0.25, -0.2) is 0 Å². The molecular formula is C21H21Cl2N3OS. The van der Waals surface area contributed by atoms with E-state index in [-0.39, 0.29) is 0 Å². The maximum Gasteiger partial charge on any atom is 0.191 e. The molecule has 1 aliphatic carbocycles. The highest BCUT2D eigenvalue weighted by atomic mass is 35.5. The summed E-state index contributed by atoms with van der Waals surface area (Å²) < 4.78 is 8.08. The molecule has 0 radical (unpaired) electrons. The molecule has 4 rings (SSSR count). The molecule has 4 nitrogen and oxygen atoms in total. The van der Waals surface area contributed by atoms with Crippen molar-refractivity contribution in [3.63, 3.8) is 0 Å². The monoisotopic (exact) mass is 433 g/mol. The second-order valence-electron chi connectivity index (χ2n) is 6.72. The van der Waals surface area contributed by atoms with Gasteiger partial charge in [-0.2, -0.15) is 0 Å². The largest absolute Gasteiger partial charge is 0.491 e. The van der Waals surface area contributed by atoms with Gasteiger partial charge in [0.1, 0.15) is 5.75 Å². The number of hydrogen-bond acceptors (Lipinski definition) is 4. The van der Waals surface area contributed by atoms with Crippen LogP contribution in [0.1, 0.15) is 31.7 Å². The highest BCUT2D eigenvalue weighted by Crippen LogP contribution is 2.38. The molecule has 0 N–H and O–H groups in total. The first-order chi connectivity index (χ1) is 13.7. The minimum atomic E-state index is 0.424. The van der Waals surface area contributed by atoms with Gasteiger partial charge in [0, 0.05) is 17.4 Å². The van der Waals surface area contributed by atoms with E-state index in [2.05, 4.69) is 14.8 Å². The summed E-state index contributed by atoms with van der Waals surface area (Å²) in [5.74, 6) is 2.32. The van der Waals surface area contributed by atoms with Crippen LogP contribution in [0.15, 0.2) is 53.7 Å². The fourth-order valence-corrected chi connectivity index (χ4v) is 4.77. The van der Waals surface area contributed by atoms with Crippen molar-refractivity contribution in [1.29, 1.82) is 0 Å². The fraction of sp³-hybridized carbons (Fsp3) is 0.333. The van der Waals surface area contributed by atoms with E-state index < -0.39 is 0 Å². The second-order valence-corrected chi connectivity index (χ2v) is 8.60. The molecule has 0 aliphatic heterocycles. The fourth-order valence-electron chi connectivity index (χ4n) is 3.54. The lowest BCUT2D eigenvalue weighted by Crippen LogP contribution is -2.09. The molecule has 1 heterocycles. The molecule has 7 heteroatoms. The molecular weight excluding hydrogens is 413 g/mol. The zero-order valence-corrected chi connectivity index (χ0v) is 17.7. The summed E-state index contributed by atoms with van der Waals surface area (Å²) in [6.45, 7) is 0.549. The summed E-state index contributed by atoms with van der Waals surface area (Å²) in [4.78, 5) is 0. The van der Waals surface area contributed by atoms with Crippen molar-refractivity contribution < 1.29 is 4.74 Å². The minimum Gasteiger partial charge on any atom is -0.491 e. The summed E-state index contributed by atoms with van der Waals surface area (Å²) in [7, 11) is 0. The van der Waals surface area contributed by atoms with Crippen LogP contribution in [0.2, 0.25) is 10.0 Å². The SMILES string of the molecule is Clc1ccccc1OCCSc1nnc(-c2ccccc2Cl)n1C1CCCC1. The molecule has 0 amide bonds. The molecule has 146 valence electrons. The van der Waals surface area contributed by atoms with E-state index in [1.165, 1.54) is 12.8 Å². The maximum atomic E-state index is 6.44. The summed E-state index contributed by atoms with van der Waals surface area (Å²) in [5.41, 5.74) is 0.933. The minimum absolute atomic E-state index is 0.424. The van der Waals surface area contributed by atoms with Gasteiger partial charge in [-0.15, -0.1) is 10.2 Å². The molecule has 3 aromatic rings. The van der Waals surface area contributed by atoms with Crippen molar-refractivity contribution in [3.05, 3.63) is 58.6 Å². The summed E-state index contributed by atoms with van der Waals surface area (Å²) in [6.07, 6.45) is 4.79. The third kappa shape index (κ3) is 4.32. The number of benzene rings is 2. The van der Waals surface area contributed by atoms with Gasteiger partial charge >= 0.3 is 0 Å². The lowest BCUT2D eigenvalue weighted by atomic mass is 10.2. The van der Waals surface area contributed by atoms with Crippen LogP contribution in [-0.2, 0) is 0 Å². The lowest BCUT2D eigenvalue weighted by Gasteiger charge is -2.17. The number of thioether (sulfide) groups is 1. The average Bonchev–Trinajstić information content (AvgIpc) is 3.36. The highest BCUT2D eigenvalue weighted by molar-refractivity contribution is 7.99. The normalized spacial score (nSPS) is 14.5. The summed E-state index contributed by atoms with van der Waals surface area (Å²) in [5, 5.41) is 11.2. The van der Waals surface area contributed by atoms with Crippen molar-refractivity contribution in [2.45, 2.75) is 36.9 Å². The molecule has 0 saturated heterocycles. The number of nitrogens with zero attached hydrogens (tertiary/aromatic N) is 3. The van der Waals surface area contributed by atoms with Crippen molar-refractivity contribution in [2.24, 2.45) is 0 Å². The number of rotatable bonds is 7. The predicted molar refractivity (Wildman–Crippen MR) is 116 cm³/mol. The van der Waals surface area contributed by atoms with E-state index in [9.17, 15) is 0 Å². The quantitative estimate of drug-likeness (QED) is 0.313. The summed E-state index contributed by atoms with van der Waals surface area (Å²) in [6, 6.07) is 15.8. The smallest absolute Gasteiger partial charge is 0.191 e. The molecule has 0 bridgehead atoms. The van der Waals surface area contributed by atoms with Crippen LogP contribution in [0.4, 0.5) is 0 Å². The standard InChI is InChI=1S/C21H21Cl2N3OS/c22-17-10-4-3-9-16(17)20-24-25-21(26(20)15-7-1-2-8-15)28-14-13-27-19-12-6-5-11-18(19)23/h3-6,9-12,15H,1-2,7-8,13-14H2. The van der Waals surface area contributed by atoms with Crippen molar-refractivity contribution in [3.8, 4) is 17.1 Å². The molecule has 1 aromatic heterocycles. The number of ether oxygens (including phenoxy) is 1. The third-order valence-corrected chi connectivity index (χ3v) is 6.43. The zero-order valence-electron chi connectivity index (χ0n) is 15.4. The van der Waals surface area contributed by atoms with E-state index in [0.717, 1.165) is 35.1 Å². The highest BCUT2D eigenvalue weighted by Gasteiger charge is 2.25. The van der Waals surface area contributed by atoms with Crippen LogP contribution >= 0.6 is 35.0 Å². The van der Waals surface area contributed by atoms with Crippen LogP contribution in [0, 0.1) is 0 Å². The Kier molecular flexibility index (Phi) is 6.45. The molecule has 28 heavy (non-hydrogen) atoms. The van der Waals surface area contributed by atoms with Gasteiger partial charge in [0.25, 0.3) is 0 Å². The molecule has 0 atom stereocenters. The van der Waals surface area contributed by atoms with Crippen LogP contribution in [0.3, 0.4) is 0 Å². The Morgan fingerprint density at radius 3 is 2.43 bits per heavy atom. The zero-order chi connectivity index (χ0) is 19.3. The van der Waals surface area contributed by atoms with Crippen molar-refractivity contribution >= 4 is 35.0 Å². The Morgan fingerprint density at radius 2 is 1.68 bits per heavy atom. The van der Waals surface area contributed by atoms with Gasteiger partial charge in [-0.1, -0.05) is 72.1 Å². The van der Waals surface area contributed by atoms with Gasteiger partial charge in [0.15, 0.2) is 11.0 Å². The molecule has 0 spiro atoms. The van der Waals surface area contributed by atoms with E-state index in [1.54, 1.807) is 11.8 Å². The Morgan fingerprint density at radius 1 is 0.964 bits per heavy atom. The van der Waals surface area contributed by atoms with Gasteiger partial charge in [0.2, 0.25) is 0 Å². The molecule has 1 aliphatic rings. The van der Waals surface area contributed by atoms with Gasteiger partial charge in [-0.3, -0.25) is 4.57 Å². The first-order valence-electron chi connectivity index (χ1n) is 9.44. The van der Waals surface area contributed by atoms with Crippen LogP contribution in [-0.4, -0.2) is 27.1 Å². The molecule has 2 aromatic carbocycles. The molecule has 1 saturated carbocycles. The van der Waals surface area contributed by atoms with Crippen LogP contribution < -0.4 is 4.74 Å². The Bertz CT molecular complexity index is 941. The van der Waals surface area contributed by atoms with E-state index in [1.807, 2.05) is 48.5 Å². The van der Waals surface area contributed by atoms with Gasteiger partial charge < -0.3 is 4.74 Å². The first-order valence-corrected chi connectivity index (χ1v) is 11.2. The van der Waals surface area contributed by atoms with Crippen LogP contribution in [0.25, 0.3) is 11.4 Å². The average molecular weight is 434 g/mol. The van der Waals surface area contributed by atoms with E-state index >= 15 is 0 Å². The Balaban J connectivity index is 1.50. The topological polar surface area (TPSA) is 39.9 Å². The van der Waals surface area contributed by atoms with Crippen molar-refractivity contribution in [2.75, 3.05) is 12.4 Å². The number of hydrogen-bond donors (Lipinski definition) is 0. The van der Waals surface area contributed by atoms with Crippen LogP contribution in [0.5, 0.6) is 5.75 Å². The van der Waals surface area contributed by atoms with Gasteiger partial charge in [0.05, 0.1) is 16.7 Å². The first kappa shape index (κ1) is 19.6. The van der Waals surface area contributed by atoms with E-state index in [0.29, 0.717) is 28.4 Å². The number of halogens is 2. The van der Waals surface area contributed by atoms with Crippen molar-refractivity contribution in [1.82, 2.24) is 14.8 Å². The van der Waals surface area contributed by atoms with Gasteiger partial charge in [-0.05, 0) is 37.1 Å². The molecule has 0 unspecified atom stereocenters. The number of aromatic nitrogens is 3. The Hall–Kier alpha value is -1.69. The summed E-state index contributed by atoms with van der Waals surface area (Å²) >= 11 is 14.2. The lowest BCUT2D eigenvalue weighted by molar-refractivity contribution is 0.344. The predicted octanol–water partition coefficient (Wildman–Crippen LogP) is 6.54. The maximum absolute atomic E-state index is 6.44. The van der Waals surface area contributed by atoms with E-state index in [4.69, 9.17) is 27.9 Å².